The van der Waals surface area contributed by atoms with Gasteiger partial charge in [0.15, 0.2) is 0 Å². The molecule has 0 aromatic heterocycles. The first-order chi connectivity index (χ1) is 8.02. The average molecular weight is 232 g/mol. The second-order valence-corrected chi connectivity index (χ2v) is 5.31. The van der Waals surface area contributed by atoms with Gasteiger partial charge >= 0.3 is 0 Å². The van der Waals surface area contributed by atoms with Crippen LogP contribution in [-0.4, -0.2) is 13.6 Å². The zero-order valence-electron chi connectivity index (χ0n) is 10.4. The highest BCUT2D eigenvalue weighted by Gasteiger charge is 2.57. The van der Waals surface area contributed by atoms with Crippen molar-refractivity contribution in [1.29, 1.82) is 5.26 Å². The Hall–Kier alpha value is -1.40. The molecular weight excluding hydrogens is 215 g/mol. The molecule has 1 N–H and O–H groups in total. The van der Waals surface area contributed by atoms with Gasteiger partial charge in [0.2, 0.25) is 0 Å². The van der Waals surface area contributed by atoms with E-state index in [0.29, 0.717) is 11.8 Å². The summed E-state index contributed by atoms with van der Waals surface area (Å²) in [5, 5.41) is 12.0. The monoisotopic (exact) mass is 232 g/mol. The lowest BCUT2D eigenvalue weighted by Gasteiger charge is -2.04. The van der Waals surface area contributed by atoms with Crippen LogP contribution in [0.15, 0.2) is 18.2 Å². The first-order valence-corrected chi connectivity index (χ1v) is 5.86. The first-order valence-electron chi connectivity index (χ1n) is 5.86. The van der Waals surface area contributed by atoms with E-state index in [1.165, 1.54) is 6.07 Å². The van der Waals surface area contributed by atoms with Gasteiger partial charge in [-0.1, -0.05) is 19.9 Å². The number of nitriles is 1. The zero-order chi connectivity index (χ0) is 12.6. The van der Waals surface area contributed by atoms with Crippen molar-refractivity contribution >= 4 is 0 Å². The number of benzene rings is 1. The first kappa shape index (κ1) is 12.1. The van der Waals surface area contributed by atoms with Gasteiger partial charge in [-0.3, -0.25) is 0 Å². The molecule has 1 aliphatic carbocycles. The number of halogens is 1. The fourth-order valence-corrected chi connectivity index (χ4v) is 2.83. The summed E-state index contributed by atoms with van der Waals surface area (Å²) < 4.78 is 13.3. The summed E-state index contributed by atoms with van der Waals surface area (Å²) in [5.41, 5.74) is 1.45. The number of nitrogens with zero attached hydrogens (tertiary/aromatic N) is 1. The largest absolute Gasteiger partial charge is 0.319 e. The van der Waals surface area contributed by atoms with Gasteiger partial charge in [0.25, 0.3) is 0 Å². The molecule has 2 rings (SSSR count). The van der Waals surface area contributed by atoms with Crippen LogP contribution in [0.3, 0.4) is 0 Å². The summed E-state index contributed by atoms with van der Waals surface area (Å²) in [6.07, 6.45) is 0. The molecular formula is C14H17FN2. The smallest absolute Gasteiger partial charge is 0.140 e. The molecule has 2 atom stereocenters. The molecule has 0 radical (unpaired) electrons. The maximum absolute atomic E-state index is 13.3. The standard InChI is InChI=1S/C14H17FN2/c1-14(2)11(8-17-3)13(14)9-4-5-12(15)10(6-9)7-16/h4-6,11,13,17H,8H2,1-3H3. The second-order valence-electron chi connectivity index (χ2n) is 5.31. The Labute approximate surface area is 101 Å². The highest BCUT2D eigenvalue weighted by Crippen LogP contribution is 2.64. The third-order valence-corrected chi connectivity index (χ3v) is 3.94. The fourth-order valence-electron chi connectivity index (χ4n) is 2.83. The van der Waals surface area contributed by atoms with Crippen LogP contribution < -0.4 is 5.32 Å². The SMILES string of the molecule is CNCC1C(c2ccc(F)c(C#N)c2)C1(C)C. The Kier molecular flexibility index (Phi) is 2.92. The van der Waals surface area contributed by atoms with E-state index in [0.717, 1.165) is 12.1 Å². The Morgan fingerprint density at radius 1 is 1.47 bits per heavy atom. The maximum Gasteiger partial charge on any atom is 0.140 e. The van der Waals surface area contributed by atoms with E-state index in [1.807, 2.05) is 13.1 Å². The highest BCUT2D eigenvalue weighted by molar-refractivity contribution is 5.40. The van der Waals surface area contributed by atoms with Crippen LogP contribution in [0.25, 0.3) is 0 Å². The molecule has 0 aliphatic heterocycles. The molecule has 1 aromatic carbocycles. The van der Waals surface area contributed by atoms with Crippen molar-refractivity contribution in [3.05, 3.63) is 35.1 Å². The number of hydrogen-bond donors (Lipinski definition) is 1. The Bertz CT molecular complexity index is 474. The van der Waals surface area contributed by atoms with E-state index in [1.54, 1.807) is 12.1 Å². The van der Waals surface area contributed by atoms with Crippen molar-refractivity contribution in [2.45, 2.75) is 19.8 Å². The molecule has 0 spiro atoms. The summed E-state index contributed by atoms with van der Waals surface area (Å²) in [4.78, 5) is 0. The molecule has 0 amide bonds. The predicted molar refractivity (Wildman–Crippen MR) is 65.1 cm³/mol. The molecule has 1 aromatic rings. The third-order valence-electron chi connectivity index (χ3n) is 3.94. The van der Waals surface area contributed by atoms with Crippen LogP contribution in [0.1, 0.15) is 30.9 Å². The summed E-state index contributed by atoms with van der Waals surface area (Å²) in [6.45, 7) is 5.39. The third kappa shape index (κ3) is 1.94. The van der Waals surface area contributed by atoms with Gasteiger partial charge in [0.1, 0.15) is 11.9 Å². The maximum atomic E-state index is 13.3. The van der Waals surface area contributed by atoms with Crippen LogP contribution >= 0.6 is 0 Å². The summed E-state index contributed by atoms with van der Waals surface area (Å²) >= 11 is 0. The normalized spacial score (nSPS) is 25.4. The van der Waals surface area contributed by atoms with Gasteiger partial charge in [0.05, 0.1) is 5.56 Å². The van der Waals surface area contributed by atoms with E-state index < -0.39 is 5.82 Å². The molecule has 0 heterocycles. The van der Waals surface area contributed by atoms with Crippen LogP contribution in [0.5, 0.6) is 0 Å². The van der Waals surface area contributed by atoms with Crippen molar-refractivity contribution < 1.29 is 4.39 Å². The van der Waals surface area contributed by atoms with E-state index in [2.05, 4.69) is 19.2 Å². The van der Waals surface area contributed by atoms with Crippen LogP contribution in [-0.2, 0) is 0 Å². The van der Waals surface area contributed by atoms with Crippen molar-refractivity contribution in [2.75, 3.05) is 13.6 Å². The molecule has 90 valence electrons. The van der Waals surface area contributed by atoms with Gasteiger partial charge in [-0.15, -0.1) is 0 Å². The molecule has 1 fully saturated rings. The van der Waals surface area contributed by atoms with E-state index in [-0.39, 0.29) is 11.0 Å². The van der Waals surface area contributed by atoms with Gasteiger partial charge in [-0.25, -0.2) is 4.39 Å². The minimum atomic E-state index is -0.431. The highest BCUT2D eigenvalue weighted by atomic mass is 19.1. The number of nitrogens with one attached hydrogen (secondary N) is 1. The summed E-state index contributed by atoms with van der Waals surface area (Å²) in [7, 11) is 1.94. The van der Waals surface area contributed by atoms with Crippen LogP contribution in [0.2, 0.25) is 0 Å². The molecule has 3 heteroatoms. The second kappa shape index (κ2) is 4.12. The Morgan fingerprint density at radius 2 is 2.18 bits per heavy atom. The average Bonchev–Trinajstić information content (AvgIpc) is 2.82. The molecule has 1 aliphatic rings. The Balaban J connectivity index is 2.28. The zero-order valence-corrected chi connectivity index (χ0v) is 10.4. The number of hydrogen-bond acceptors (Lipinski definition) is 2. The molecule has 2 unspecified atom stereocenters. The number of rotatable bonds is 3. The minimum absolute atomic E-state index is 0.147. The predicted octanol–water partition coefficient (Wildman–Crippen LogP) is 2.66. The quantitative estimate of drug-likeness (QED) is 0.869. The van der Waals surface area contributed by atoms with Gasteiger partial charge < -0.3 is 5.32 Å². The fraction of sp³-hybridized carbons (Fsp3) is 0.500. The van der Waals surface area contributed by atoms with Gasteiger partial charge in [0, 0.05) is 0 Å². The topological polar surface area (TPSA) is 35.8 Å². The van der Waals surface area contributed by atoms with E-state index in [4.69, 9.17) is 5.26 Å². The minimum Gasteiger partial charge on any atom is -0.319 e. The molecule has 0 saturated heterocycles. The van der Waals surface area contributed by atoms with Crippen LogP contribution in [0, 0.1) is 28.5 Å². The lowest BCUT2D eigenvalue weighted by Crippen LogP contribution is -2.12. The van der Waals surface area contributed by atoms with E-state index in [9.17, 15) is 4.39 Å². The van der Waals surface area contributed by atoms with Crippen molar-refractivity contribution in [2.24, 2.45) is 11.3 Å². The van der Waals surface area contributed by atoms with Gasteiger partial charge in [-0.05, 0) is 48.5 Å². The van der Waals surface area contributed by atoms with Crippen LogP contribution in [0.4, 0.5) is 4.39 Å². The molecule has 0 bridgehead atoms. The summed E-state index contributed by atoms with van der Waals surface area (Å²) in [5.74, 6) is 0.548. The lowest BCUT2D eigenvalue weighted by atomic mass is 10.0. The van der Waals surface area contributed by atoms with Gasteiger partial charge in [-0.2, -0.15) is 5.26 Å². The summed E-state index contributed by atoms with van der Waals surface area (Å²) in [6, 6.07) is 6.80. The van der Waals surface area contributed by atoms with Crippen molar-refractivity contribution in [1.82, 2.24) is 5.32 Å². The van der Waals surface area contributed by atoms with E-state index >= 15 is 0 Å². The van der Waals surface area contributed by atoms with Crippen molar-refractivity contribution in [3.63, 3.8) is 0 Å². The van der Waals surface area contributed by atoms with Crippen molar-refractivity contribution in [3.8, 4) is 6.07 Å². The lowest BCUT2D eigenvalue weighted by molar-refractivity contribution is 0.536. The molecule has 17 heavy (non-hydrogen) atoms. The Morgan fingerprint density at radius 3 is 2.76 bits per heavy atom. The molecule has 2 nitrogen and oxygen atoms in total. The molecule has 1 saturated carbocycles.